The minimum atomic E-state index is -0.184. The predicted octanol–water partition coefficient (Wildman–Crippen LogP) is 3.60. The van der Waals surface area contributed by atoms with Gasteiger partial charge in [0.15, 0.2) is 0 Å². The molecule has 0 spiro atoms. The third kappa shape index (κ3) is 2.45. The first-order chi connectivity index (χ1) is 7.25. The zero-order valence-corrected chi connectivity index (χ0v) is 9.07. The van der Waals surface area contributed by atoms with Gasteiger partial charge in [-0.05, 0) is 42.1 Å². The third-order valence-electron chi connectivity index (χ3n) is 2.01. The molecule has 2 aromatic rings. The van der Waals surface area contributed by atoms with Crippen LogP contribution in [0.15, 0.2) is 35.7 Å². The van der Waals surface area contributed by atoms with Gasteiger partial charge in [-0.2, -0.15) is 0 Å². The van der Waals surface area contributed by atoms with E-state index < -0.39 is 0 Å². The molecule has 2 rings (SSSR count). The topological polar surface area (TPSA) is 0 Å². The molecule has 0 aliphatic rings. The zero-order valence-electron chi connectivity index (χ0n) is 8.25. The average Bonchev–Trinajstić information content (AvgIpc) is 2.73. The van der Waals surface area contributed by atoms with Crippen molar-refractivity contribution in [2.24, 2.45) is 0 Å². The van der Waals surface area contributed by atoms with Crippen molar-refractivity contribution >= 4 is 11.3 Å². The molecule has 15 heavy (non-hydrogen) atoms. The molecule has 0 nitrogen and oxygen atoms in total. The first-order valence-electron chi connectivity index (χ1n) is 4.57. The summed E-state index contributed by atoms with van der Waals surface area (Å²) in [6.07, 6.45) is 0. The lowest BCUT2D eigenvalue weighted by Gasteiger charge is -1.95. The summed E-state index contributed by atoms with van der Waals surface area (Å²) in [5.41, 5.74) is 1.48. The van der Waals surface area contributed by atoms with Gasteiger partial charge >= 0.3 is 0 Å². The molecule has 0 amide bonds. The van der Waals surface area contributed by atoms with E-state index in [0.717, 1.165) is 10.4 Å². The van der Waals surface area contributed by atoms with Gasteiger partial charge in [0.25, 0.3) is 0 Å². The van der Waals surface area contributed by atoms with Crippen LogP contribution in [0, 0.1) is 24.6 Å². The van der Waals surface area contributed by atoms with Crippen LogP contribution in [0.1, 0.15) is 16.0 Å². The van der Waals surface area contributed by atoms with E-state index in [0.29, 0.717) is 5.56 Å². The highest BCUT2D eigenvalue weighted by Crippen LogP contribution is 2.09. The van der Waals surface area contributed by atoms with Gasteiger partial charge in [0.2, 0.25) is 0 Å². The largest absolute Gasteiger partial charge is 0.207 e. The van der Waals surface area contributed by atoms with E-state index in [2.05, 4.69) is 11.8 Å². The first kappa shape index (κ1) is 9.95. The smallest absolute Gasteiger partial charge is 0.126 e. The van der Waals surface area contributed by atoms with Gasteiger partial charge in [-0.3, -0.25) is 0 Å². The van der Waals surface area contributed by atoms with E-state index in [1.165, 1.54) is 6.07 Å². The van der Waals surface area contributed by atoms with Crippen molar-refractivity contribution in [3.05, 3.63) is 57.5 Å². The van der Waals surface area contributed by atoms with Crippen molar-refractivity contribution in [2.75, 3.05) is 0 Å². The third-order valence-corrected chi connectivity index (χ3v) is 2.79. The zero-order chi connectivity index (χ0) is 10.7. The summed E-state index contributed by atoms with van der Waals surface area (Å²) in [6.45, 7) is 1.74. The standard InChI is InChI=1S/C13H9FS/c1-10-9-11(5-7-13(10)14)4-6-12-3-2-8-15-12/h2-3,5,7-9H,1H3. The Morgan fingerprint density at radius 3 is 2.73 bits per heavy atom. The van der Waals surface area contributed by atoms with Crippen molar-refractivity contribution in [3.63, 3.8) is 0 Å². The molecule has 0 radical (unpaired) electrons. The number of thiophene rings is 1. The molecule has 0 bridgehead atoms. The van der Waals surface area contributed by atoms with Crippen LogP contribution in [0.5, 0.6) is 0 Å². The molecule has 0 saturated heterocycles. The Labute approximate surface area is 92.4 Å². The summed E-state index contributed by atoms with van der Waals surface area (Å²) < 4.78 is 13.0. The highest BCUT2D eigenvalue weighted by atomic mass is 32.1. The highest BCUT2D eigenvalue weighted by molar-refractivity contribution is 7.10. The van der Waals surface area contributed by atoms with E-state index in [1.807, 2.05) is 17.5 Å². The van der Waals surface area contributed by atoms with Crippen LogP contribution in [0.4, 0.5) is 4.39 Å². The number of benzene rings is 1. The molecule has 1 heterocycles. The van der Waals surface area contributed by atoms with Crippen molar-refractivity contribution in [2.45, 2.75) is 6.92 Å². The molecule has 2 heteroatoms. The molecular formula is C13H9FS. The highest BCUT2D eigenvalue weighted by Gasteiger charge is 1.95. The Hall–Kier alpha value is -1.59. The predicted molar refractivity (Wildman–Crippen MR) is 61.4 cm³/mol. The van der Waals surface area contributed by atoms with E-state index in [9.17, 15) is 4.39 Å². The van der Waals surface area contributed by atoms with E-state index in [1.54, 1.807) is 30.4 Å². The average molecular weight is 216 g/mol. The summed E-state index contributed by atoms with van der Waals surface area (Å²) in [5, 5.41) is 1.99. The summed E-state index contributed by atoms with van der Waals surface area (Å²) >= 11 is 1.60. The fourth-order valence-corrected chi connectivity index (χ4v) is 1.78. The summed E-state index contributed by atoms with van der Waals surface area (Å²) in [5.74, 6) is 5.86. The Bertz CT molecular complexity index is 515. The summed E-state index contributed by atoms with van der Waals surface area (Å²) in [6, 6.07) is 8.84. The molecule has 0 aliphatic heterocycles. The van der Waals surface area contributed by atoms with Crippen LogP contribution in [0.25, 0.3) is 0 Å². The number of hydrogen-bond donors (Lipinski definition) is 0. The van der Waals surface area contributed by atoms with Crippen LogP contribution >= 0.6 is 11.3 Å². The molecule has 1 aromatic carbocycles. The molecule has 0 saturated carbocycles. The van der Waals surface area contributed by atoms with Crippen molar-refractivity contribution < 1.29 is 4.39 Å². The lowest BCUT2D eigenvalue weighted by atomic mass is 10.1. The van der Waals surface area contributed by atoms with Crippen molar-refractivity contribution in [1.29, 1.82) is 0 Å². The Kier molecular flexibility index (Phi) is 2.84. The lowest BCUT2D eigenvalue weighted by molar-refractivity contribution is 0.618. The maximum absolute atomic E-state index is 13.0. The van der Waals surface area contributed by atoms with Crippen LogP contribution < -0.4 is 0 Å². The van der Waals surface area contributed by atoms with Gasteiger partial charge in [-0.1, -0.05) is 17.9 Å². The molecule has 0 N–H and O–H groups in total. The normalized spacial score (nSPS) is 9.47. The van der Waals surface area contributed by atoms with Gasteiger partial charge < -0.3 is 0 Å². The molecule has 1 aromatic heterocycles. The Morgan fingerprint density at radius 2 is 2.07 bits per heavy atom. The Balaban J connectivity index is 2.28. The minimum Gasteiger partial charge on any atom is -0.207 e. The van der Waals surface area contributed by atoms with Gasteiger partial charge in [0, 0.05) is 5.56 Å². The Morgan fingerprint density at radius 1 is 1.20 bits per heavy atom. The molecular weight excluding hydrogens is 207 g/mol. The fourth-order valence-electron chi connectivity index (χ4n) is 1.21. The van der Waals surface area contributed by atoms with E-state index in [-0.39, 0.29) is 5.82 Å². The van der Waals surface area contributed by atoms with Crippen molar-refractivity contribution in [1.82, 2.24) is 0 Å². The number of rotatable bonds is 0. The number of aryl methyl sites for hydroxylation is 1. The number of halogens is 1. The molecule has 74 valence electrons. The van der Waals surface area contributed by atoms with E-state index >= 15 is 0 Å². The van der Waals surface area contributed by atoms with Gasteiger partial charge in [-0.25, -0.2) is 4.39 Å². The second kappa shape index (κ2) is 4.29. The lowest BCUT2D eigenvalue weighted by Crippen LogP contribution is -1.83. The molecule has 0 aliphatic carbocycles. The van der Waals surface area contributed by atoms with Gasteiger partial charge in [0.1, 0.15) is 5.82 Å². The quantitative estimate of drug-likeness (QED) is 0.590. The first-order valence-corrected chi connectivity index (χ1v) is 5.45. The summed E-state index contributed by atoms with van der Waals surface area (Å²) in [4.78, 5) is 1.02. The summed E-state index contributed by atoms with van der Waals surface area (Å²) in [7, 11) is 0. The maximum Gasteiger partial charge on any atom is 0.126 e. The second-order valence-corrected chi connectivity index (χ2v) is 4.14. The molecule has 0 atom stereocenters. The van der Waals surface area contributed by atoms with Gasteiger partial charge in [0.05, 0.1) is 4.88 Å². The maximum atomic E-state index is 13.0. The van der Waals surface area contributed by atoms with Crippen LogP contribution in [0.3, 0.4) is 0 Å². The minimum absolute atomic E-state index is 0.184. The fraction of sp³-hybridized carbons (Fsp3) is 0.0769. The van der Waals surface area contributed by atoms with Crippen LogP contribution in [-0.2, 0) is 0 Å². The number of hydrogen-bond acceptors (Lipinski definition) is 1. The molecule has 0 fully saturated rings. The second-order valence-electron chi connectivity index (χ2n) is 3.19. The van der Waals surface area contributed by atoms with E-state index in [4.69, 9.17) is 0 Å². The van der Waals surface area contributed by atoms with Crippen molar-refractivity contribution in [3.8, 4) is 11.8 Å². The van der Waals surface area contributed by atoms with Crippen LogP contribution in [0.2, 0.25) is 0 Å². The monoisotopic (exact) mass is 216 g/mol. The van der Waals surface area contributed by atoms with Crippen LogP contribution in [-0.4, -0.2) is 0 Å². The van der Waals surface area contributed by atoms with Gasteiger partial charge in [-0.15, -0.1) is 11.3 Å². The SMILES string of the molecule is Cc1cc(C#Cc2cccs2)ccc1F. The molecule has 0 unspecified atom stereocenters.